The largest absolute Gasteiger partial charge is 0.504 e. The van der Waals surface area contributed by atoms with Gasteiger partial charge in [-0.05, 0) is 17.7 Å². The van der Waals surface area contributed by atoms with E-state index in [1.807, 2.05) is 10.9 Å². The lowest BCUT2D eigenvalue weighted by Crippen LogP contribution is -2.16. The van der Waals surface area contributed by atoms with Gasteiger partial charge in [0.05, 0.1) is 11.2 Å². The van der Waals surface area contributed by atoms with Crippen LogP contribution in [0.4, 0.5) is 0 Å². The fourth-order valence-electron chi connectivity index (χ4n) is 1.49. The molecule has 1 aromatic carbocycles. The van der Waals surface area contributed by atoms with Gasteiger partial charge in [0.1, 0.15) is 0 Å². The number of phenolic OH excluding ortho intramolecular Hbond substituents is 2. The van der Waals surface area contributed by atoms with E-state index in [4.69, 9.17) is 5.11 Å². The molecule has 0 radical (unpaired) electrons. The molecule has 0 aliphatic rings. The van der Waals surface area contributed by atoms with Crippen molar-refractivity contribution in [2.24, 2.45) is 0 Å². The molecule has 0 spiro atoms. The predicted octanol–water partition coefficient (Wildman–Crippen LogP) is 1.89. The second kappa shape index (κ2) is 5.65. The monoisotopic (exact) mass is 250 g/mol. The van der Waals surface area contributed by atoms with Crippen LogP contribution in [0.25, 0.3) is 0 Å². The summed E-state index contributed by atoms with van der Waals surface area (Å²) < 4.78 is 0. The zero-order valence-electron chi connectivity index (χ0n) is 9.26. The number of thiazole rings is 1. The van der Waals surface area contributed by atoms with Gasteiger partial charge < -0.3 is 15.5 Å². The van der Waals surface area contributed by atoms with Crippen LogP contribution >= 0.6 is 11.3 Å². The third-order valence-corrected chi connectivity index (χ3v) is 3.05. The van der Waals surface area contributed by atoms with Gasteiger partial charge >= 0.3 is 0 Å². The third kappa shape index (κ3) is 3.44. The average molecular weight is 250 g/mol. The Hall–Kier alpha value is -1.59. The molecule has 0 aliphatic heterocycles. The van der Waals surface area contributed by atoms with Crippen molar-refractivity contribution < 1.29 is 10.2 Å². The van der Waals surface area contributed by atoms with E-state index in [2.05, 4.69) is 10.3 Å². The second-order valence-corrected chi connectivity index (χ2v) is 4.45. The van der Waals surface area contributed by atoms with Crippen molar-refractivity contribution in [2.75, 3.05) is 6.54 Å². The molecule has 0 saturated heterocycles. The van der Waals surface area contributed by atoms with Crippen molar-refractivity contribution in [3.05, 3.63) is 40.3 Å². The Labute approximate surface area is 104 Å². The first-order valence-corrected chi connectivity index (χ1v) is 6.28. The molecule has 2 rings (SSSR count). The molecule has 3 N–H and O–H groups in total. The van der Waals surface area contributed by atoms with Gasteiger partial charge in [0.2, 0.25) is 0 Å². The van der Waals surface area contributed by atoms with Crippen LogP contribution in [0.1, 0.15) is 11.3 Å². The zero-order chi connectivity index (χ0) is 12.1. The van der Waals surface area contributed by atoms with Crippen molar-refractivity contribution in [3.8, 4) is 11.5 Å². The lowest BCUT2D eigenvalue weighted by atomic mass is 10.2. The molecule has 0 aliphatic carbocycles. The fraction of sp³-hybridized carbons (Fsp3) is 0.250. The summed E-state index contributed by atoms with van der Waals surface area (Å²) in [5, 5.41) is 23.8. The number of aromatic nitrogens is 1. The first-order valence-electron chi connectivity index (χ1n) is 5.34. The fourth-order valence-corrected chi connectivity index (χ4v) is 2.08. The van der Waals surface area contributed by atoms with Gasteiger partial charge in [-0.3, -0.25) is 0 Å². The van der Waals surface area contributed by atoms with Gasteiger partial charge in [-0.2, -0.15) is 0 Å². The normalized spacial score (nSPS) is 10.6. The molecule has 5 heteroatoms. The molecule has 1 aromatic heterocycles. The number of phenols is 2. The summed E-state index contributed by atoms with van der Waals surface area (Å²) in [5.41, 5.74) is 3.86. The number of aromatic hydroxyl groups is 2. The van der Waals surface area contributed by atoms with Crippen molar-refractivity contribution in [1.82, 2.24) is 10.3 Å². The van der Waals surface area contributed by atoms with Gasteiger partial charge in [-0.1, -0.05) is 6.07 Å². The van der Waals surface area contributed by atoms with Crippen LogP contribution in [-0.2, 0) is 13.0 Å². The molecule has 0 saturated carbocycles. The first-order chi connectivity index (χ1) is 8.25. The molecular formula is C12H14N2O2S. The number of rotatable bonds is 5. The molecule has 2 aromatic rings. The van der Waals surface area contributed by atoms with Crippen LogP contribution in [-0.4, -0.2) is 21.7 Å². The lowest BCUT2D eigenvalue weighted by molar-refractivity contribution is 0.403. The number of nitrogens with one attached hydrogen (secondary N) is 1. The number of hydrogen-bond acceptors (Lipinski definition) is 5. The van der Waals surface area contributed by atoms with Crippen molar-refractivity contribution in [1.29, 1.82) is 0 Å². The topological polar surface area (TPSA) is 65.4 Å². The molecule has 0 fully saturated rings. The minimum absolute atomic E-state index is 0.0798. The lowest BCUT2D eigenvalue weighted by Gasteiger charge is -2.05. The van der Waals surface area contributed by atoms with Crippen LogP contribution in [0, 0.1) is 0 Å². The molecule has 1 heterocycles. The van der Waals surface area contributed by atoms with E-state index >= 15 is 0 Å². The second-order valence-electron chi connectivity index (χ2n) is 3.73. The minimum atomic E-state index is -0.0868. The zero-order valence-corrected chi connectivity index (χ0v) is 10.1. The highest BCUT2D eigenvalue weighted by Gasteiger charge is 2.00. The summed E-state index contributed by atoms with van der Waals surface area (Å²) in [7, 11) is 0. The highest BCUT2D eigenvalue weighted by molar-refractivity contribution is 7.07. The van der Waals surface area contributed by atoms with Gasteiger partial charge in [0, 0.05) is 24.9 Å². The van der Waals surface area contributed by atoms with Crippen LogP contribution in [0.15, 0.2) is 29.1 Å². The van der Waals surface area contributed by atoms with Crippen LogP contribution < -0.4 is 5.32 Å². The van der Waals surface area contributed by atoms with Crippen molar-refractivity contribution >= 4 is 11.3 Å². The van der Waals surface area contributed by atoms with E-state index in [-0.39, 0.29) is 11.5 Å². The minimum Gasteiger partial charge on any atom is -0.504 e. The number of benzene rings is 1. The highest BCUT2D eigenvalue weighted by atomic mass is 32.1. The van der Waals surface area contributed by atoms with Gasteiger partial charge in [-0.25, -0.2) is 4.98 Å². The summed E-state index contributed by atoms with van der Waals surface area (Å²) in [4.78, 5) is 4.19. The molecule has 0 unspecified atom stereocenters. The Morgan fingerprint density at radius 3 is 2.82 bits per heavy atom. The quantitative estimate of drug-likeness (QED) is 0.560. The van der Waals surface area contributed by atoms with Crippen molar-refractivity contribution in [2.45, 2.75) is 13.0 Å². The Balaban J connectivity index is 1.76. The van der Waals surface area contributed by atoms with Gasteiger partial charge in [0.15, 0.2) is 11.5 Å². The Kier molecular flexibility index (Phi) is 3.95. The Morgan fingerprint density at radius 2 is 2.12 bits per heavy atom. The standard InChI is InChI=1S/C12H14N2O2S/c15-11-2-1-9(5-12(11)16)6-13-4-3-10-7-17-8-14-10/h1-2,5,7-8,13,15-16H,3-4,6H2. The van der Waals surface area contributed by atoms with Crippen LogP contribution in [0.5, 0.6) is 11.5 Å². The first kappa shape index (κ1) is 11.9. The molecular weight excluding hydrogens is 236 g/mol. The Bertz CT molecular complexity index is 471. The predicted molar refractivity (Wildman–Crippen MR) is 67.3 cm³/mol. The summed E-state index contributed by atoms with van der Waals surface area (Å²) in [6.07, 6.45) is 0.896. The summed E-state index contributed by atoms with van der Waals surface area (Å²) in [6.45, 7) is 1.50. The van der Waals surface area contributed by atoms with E-state index < -0.39 is 0 Å². The summed E-state index contributed by atoms with van der Waals surface area (Å²) in [5.74, 6) is -0.167. The molecule has 0 amide bonds. The number of nitrogens with zero attached hydrogens (tertiary/aromatic N) is 1. The number of hydrogen-bond donors (Lipinski definition) is 3. The SMILES string of the molecule is Oc1ccc(CNCCc2cscn2)cc1O. The third-order valence-electron chi connectivity index (χ3n) is 2.41. The smallest absolute Gasteiger partial charge is 0.157 e. The van der Waals surface area contributed by atoms with E-state index in [1.54, 1.807) is 23.5 Å². The van der Waals surface area contributed by atoms with E-state index in [0.29, 0.717) is 6.54 Å². The Morgan fingerprint density at radius 1 is 1.24 bits per heavy atom. The van der Waals surface area contributed by atoms with Crippen LogP contribution in [0.2, 0.25) is 0 Å². The maximum absolute atomic E-state index is 9.32. The summed E-state index contributed by atoms with van der Waals surface area (Å²) in [6, 6.07) is 4.84. The maximum Gasteiger partial charge on any atom is 0.157 e. The van der Waals surface area contributed by atoms with Crippen molar-refractivity contribution in [3.63, 3.8) is 0 Å². The average Bonchev–Trinajstić information content (AvgIpc) is 2.82. The molecule has 0 atom stereocenters. The van der Waals surface area contributed by atoms with Gasteiger partial charge in [-0.15, -0.1) is 11.3 Å². The summed E-state index contributed by atoms with van der Waals surface area (Å²) >= 11 is 1.60. The van der Waals surface area contributed by atoms with Crippen LogP contribution in [0.3, 0.4) is 0 Å². The molecule has 4 nitrogen and oxygen atoms in total. The van der Waals surface area contributed by atoms with Gasteiger partial charge in [0.25, 0.3) is 0 Å². The van der Waals surface area contributed by atoms with E-state index in [9.17, 15) is 5.11 Å². The molecule has 17 heavy (non-hydrogen) atoms. The maximum atomic E-state index is 9.32. The molecule has 0 bridgehead atoms. The van der Waals surface area contributed by atoms with E-state index in [0.717, 1.165) is 24.2 Å². The van der Waals surface area contributed by atoms with E-state index in [1.165, 1.54) is 6.07 Å². The molecule has 90 valence electrons. The highest BCUT2D eigenvalue weighted by Crippen LogP contribution is 2.24.